The van der Waals surface area contributed by atoms with Crippen molar-refractivity contribution >= 4 is 5.97 Å². The first-order valence-corrected chi connectivity index (χ1v) is 7.97. The van der Waals surface area contributed by atoms with E-state index in [-0.39, 0.29) is 12.0 Å². The molecular formula is C18H18F2N2O2. The van der Waals surface area contributed by atoms with Gasteiger partial charge in [-0.3, -0.25) is 0 Å². The summed E-state index contributed by atoms with van der Waals surface area (Å²) in [6, 6.07) is 3.64. The number of halogens is 2. The van der Waals surface area contributed by atoms with Gasteiger partial charge in [0.25, 0.3) is 0 Å². The molecule has 0 saturated heterocycles. The van der Waals surface area contributed by atoms with Gasteiger partial charge >= 0.3 is 5.97 Å². The Labute approximate surface area is 138 Å². The monoisotopic (exact) mass is 332 g/mol. The molecule has 1 aromatic heterocycles. The van der Waals surface area contributed by atoms with Crippen LogP contribution in [-0.4, -0.2) is 22.5 Å². The van der Waals surface area contributed by atoms with Gasteiger partial charge in [0.15, 0.2) is 0 Å². The topological polar surface area (TPSA) is 52.1 Å². The first kappa shape index (κ1) is 16.5. The Hall–Kier alpha value is -2.37. The Morgan fingerprint density at radius 2 is 1.79 bits per heavy atom. The average Bonchev–Trinajstić information content (AvgIpc) is 2.50. The van der Waals surface area contributed by atoms with E-state index in [0.29, 0.717) is 23.4 Å². The molecule has 0 atom stereocenters. The van der Waals surface area contributed by atoms with Gasteiger partial charge in [-0.15, -0.1) is 0 Å². The molecule has 24 heavy (non-hydrogen) atoms. The van der Waals surface area contributed by atoms with Crippen LogP contribution in [0, 0.1) is 11.6 Å². The van der Waals surface area contributed by atoms with Crippen LogP contribution in [-0.2, 0) is 16.6 Å². The first-order valence-electron chi connectivity index (χ1n) is 7.97. The predicted octanol–water partition coefficient (Wildman–Crippen LogP) is 3.60. The van der Waals surface area contributed by atoms with Gasteiger partial charge in [-0.1, -0.05) is 6.42 Å². The number of carbonyl (C=O) groups is 1. The fourth-order valence-corrected chi connectivity index (χ4v) is 3.10. The molecule has 1 aliphatic rings. The molecule has 2 aromatic rings. The van der Waals surface area contributed by atoms with E-state index in [1.165, 1.54) is 24.5 Å². The highest BCUT2D eigenvalue weighted by atomic mass is 19.1. The molecule has 1 saturated carbocycles. The summed E-state index contributed by atoms with van der Waals surface area (Å²) in [5.41, 5.74) is 0.596. The van der Waals surface area contributed by atoms with Gasteiger partial charge in [0.05, 0.1) is 12.2 Å². The van der Waals surface area contributed by atoms with E-state index in [4.69, 9.17) is 4.74 Å². The van der Waals surface area contributed by atoms with Crippen LogP contribution in [0.25, 0.3) is 0 Å². The van der Waals surface area contributed by atoms with Crippen molar-refractivity contribution < 1.29 is 18.3 Å². The van der Waals surface area contributed by atoms with Crippen molar-refractivity contribution in [2.75, 3.05) is 6.61 Å². The van der Waals surface area contributed by atoms with E-state index in [1.54, 1.807) is 6.92 Å². The highest BCUT2D eigenvalue weighted by Crippen LogP contribution is 2.46. The minimum absolute atomic E-state index is 0.287. The van der Waals surface area contributed by atoms with Gasteiger partial charge in [-0.2, -0.15) is 0 Å². The highest BCUT2D eigenvalue weighted by molar-refractivity contribution is 5.88. The normalized spacial score (nSPS) is 15.6. The SMILES string of the molecule is CCOC(=O)c1cnc(CC2(c3cc(F)cc(F)c3)CCC2)nc1. The molecule has 0 amide bonds. The Bertz CT molecular complexity index is 723. The average molecular weight is 332 g/mol. The summed E-state index contributed by atoms with van der Waals surface area (Å²) in [7, 11) is 0. The summed E-state index contributed by atoms with van der Waals surface area (Å²) in [5, 5.41) is 0. The van der Waals surface area contributed by atoms with E-state index >= 15 is 0 Å². The van der Waals surface area contributed by atoms with Crippen molar-refractivity contribution in [1.82, 2.24) is 9.97 Å². The van der Waals surface area contributed by atoms with E-state index in [9.17, 15) is 13.6 Å². The molecule has 0 N–H and O–H groups in total. The Morgan fingerprint density at radius 3 is 2.29 bits per heavy atom. The number of esters is 1. The number of nitrogens with zero attached hydrogens (tertiary/aromatic N) is 2. The zero-order chi connectivity index (χ0) is 17.2. The first-order chi connectivity index (χ1) is 11.5. The van der Waals surface area contributed by atoms with Gasteiger partial charge in [-0.25, -0.2) is 23.5 Å². The van der Waals surface area contributed by atoms with Gasteiger partial charge in [-0.05, 0) is 37.5 Å². The number of rotatable bonds is 5. The predicted molar refractivity (Wildman–Crippen MR) is 83.6 cm³/mol. The molecule has 1 heterocycles. The molecule has 4 nitrogen and oxygen atoms in total. The third kappa shape index (κ3) is 3.27. The molecular weight excluding hydrogens is 314 g/mol. The van der Waals surface area contributed by atoms with Gasteiger partial charge < -0.3 is 4.74 Å². The minimum atomic E-state index is -0.574. The number of hydrogen-bond donors (Lipinski definition) is 0. The fourth-order valence-electron chi connectivity index (χ4n) is 3.10. The maximum absolute atomic E-state index is 13.5. The van der Waals surface area contributed by atoms with Crippen LogP contribution >= 0.6 is 0 Å². The number of carbonyl (C=O) groups excluding carboxylic acids is 1. The molecule has 1 aromatic carbocycles. The summed E-state index contributed by atoms with van der Waals surface area (Å²) in [4.78, 5) is 20.1. The lowest BCUT2D eigenvalue weighted by Crippen LogP contribution is -2.37. The summed E-state index contributed by atoms with van der Waals surface area (Å²) in [6.45, 7) is 2.01. The van der Waals surface area contributed by atoms with Gasteiger partial charge in [0.1, 0.15) is 17.5 Å². The van der Waals surface area contributed by atoms with Crippen LogP contribution in [0.15, 0.2) is 30.6 Å². The zero-order valence-electron chi connectivity index (χ0n) is 13.4. The largest absolute Gasteiger partial charge is 0.462 e. The van der Waals surface area contributed by atoms with Crippen molar-refractivity contribution in [3.63, 3.8) is 0 Å². The van der Waals surface area contributed by atoms with Crippen LogP contribution in [0.3, 0.4) is 0 Å². The summed E-state index contributed by atoms with van der Waals surface area (Å²) in [6.07, 6.45) is 6.01. The van der Waals surface area contributed by atoms with E-state index in [2.05, 4.69) is 9.97 Å². The van der Waals surface area contributed by atoms with Crippen molar-refractivity contribution in [1.29, 1.82) is 0 Å². The van der Waals surface area contributed by atoms with Gasteiger partial charge in [0, 0.05) is 30.3 Å². The van der Waals surface area contributed by atoms with Crippen LogP contribution in [0.4, 0.5) is 8.78 Å². The molecule has 1 fully saturated rings. The van der Waals surface area contributed by atoms with E-state index in [1.807, 2.05) is 0 Å². The van der Waals surface area contributed by atoms with Crippen molar-refractivity contribution in [3.8, 4) is 0 Å². The molecule has 1 aliphatic carbocycles. The molecule has 0 spiro atoms. The third-order valence-electron chi connectivity index (χ3n) is 4.50. The number of hydrogen-bond acceptors (Lipinski definition) is 4. The van der Waals surface area contributed by atoms with Crippen LogP contribution in [0.5, 0.6) is 0 Å². The lowest BCUT2D eigenvalue weighted by Gasteiger charge is -2.42. The molecule has 3 rings (SSSR count). The molecule has 0 bridgehead atoms. The Balaban J connectivity index is 1.81. The Morgan fingerprint density at radius 1 is 1.17 bits per heavy atom. The zero-order valence-corrected chi connectivity index (χ0v) is 13.4. The summed E-state index contributed by atoms with van der Waals surface area (Å²) in [5.74, 6) is -1.06. The molecule has 0 aliphatic heterocycles. The molecule has 0 unspecified atom stereocenters. The number of benzene rings is 1. The smallest absolute Gasteiger partial charge is 0.341 e. The van der Waals surface area contributed by atoms with E-state index < -0.39 is 17.6 Å². The van der Waals surface area contributed by atoms with Crippen molar-refractivity contribution in [2.24, 2.45) is 0 Å². The lowest BCUT2D eigenvalue weighted by atomic mass is 9.62. The molecule has 126 valence electrons. The van der Waals surface area contributed by atoms with E-state index in [0.717, 1.165) is 25.3 Å². The Kier molecular flexibility index (Phi) is 4.55. The highest BCUT2D eigenvalue weighted by Gasteiger charge is 2.40. The third-order valence-corrected chi connectivity index (χ3v) is 4.50. The molecule has 0 radical (unpaired) electrons. The maximum atomic E-state index is 13.5. The maximum Gasteiger partial charge on any atom is 0.341 e. The number of ether oxygens (including phenoxy) is 1. The quantitative estimate of drug-likeness (QED) is 0.785. The second-order valence-electron chi connectivity index (χ2n) is 6.08. The van der Waals surface area contributed by atoms with Crippen LogP contribution in [0.2, 0.25) is 0 Å². The standard InChI is InChI=1S/C18H18F2N2O2/c1-2-24-17(23)12-10-21-16(22-11-12)9-18(4-3-5-18)13-6-14(19)8-15(20)7-13/h6-8,10-11H,2-5,9H2,1H3. The summed E-state index contributed by atoms with van der Waals surface area (Å²) >= 11 is 0. The van der Waals surface area contributed by atoms with Gasteiger partial charge in [0.2, 0.25) is 0 Å². The van der Waals surface area contributed by atoms with Crippen molar-refractivity contribution in [3.05, 3.63) is 59.2 Å². The van der Waals surface area contributed by atoms with Crippen LogP contribution in [0.1, 0.15) is 47.9 Å². The fraction of sp³-hybridized carbons (Fsp3) is 0.389. The van der Waals surface area contributed by atoms with Crippen molar-refractivity contribution in [2.45, 2.75) is 38.0 Å². The van der Waals surface area contributed by atoms with Crippen LogP contribution < -0.4 is 0 Å². The second-order valence-corrected chi connectivity index (χ2v) is 6.08. The second kappa shape index (κ2) is 6.63. The number of aromatic nitrogens is 2. The molecule has 6 heteroatoms. The summed E-state index contributed by atoms with van der Waals surface area (Å²) < 4.78 is 32.0. The lowest BCUT2D eigenvalue weighted by molar-refractivity contribution is 0.0525. The minimum Gasteiger partial charge on any atom is -0.462 e.